The van der Waals surface area contributed by atoms with Gasteiger partial charge in [-0.1, -0.05) is 12.1 Å². The molecule has 0 spiro atoms. The first-order valence-electron chi connectivity index (χ1n) is 6.74. The van der Waals surface area contributed by atoms with Gasteiger partial charge in [0.1, 0.15) is 5.75 Å². The Balaban J connectivity index is 2.32. The van der Waals surface area contributed by atoms with E-state index in [4.69, 9.17) is 14.9 Å². The van der Waals surface area contributed by atoms with Gasteiger partial charge in [-0.3, -0.25) is 4.90 Å². The number of aliphatic hydroxyl groups is 1. The van der Waals surface area contributed by atoms with E-state index in [9.17, 15) is 9.59 Å². The predicted molar refractivity (Wildman–Crippen MR) is 75.6 cm³/mol. The van der Waals surface area contributed by atoms with E-state index < -0.39 is 12.1 Å². The van der Waals surface area contributed by atoms with Gasteiger partial charge < -0.3 is 19.8 Å². The third kappa shape index (κ3) is 3.08. The molecule has 1 aromatic carbocycles. The van der Waals surface area contributed by atoms with Gasteiger partial charge in [-0.2, -0.15) is 0 Å². The van der Waals surface area contributed by atoms with E-state index in [0.717, 1.165) is 0 Å². The number of anilines is 1. The maximum absolute atomic E-state index is 12.5. The molecule has 0 saturated carbocycles. The zero-order valence-corrected chi connectivity index (χ0v) is 11.7. The maximum atomic E-state index is 12.5. The molecule has 2 rings (SSSR count). The topological polar surface area (TPSA) is 90.3 Å². The summed E-state index contributed by atoms with van der Waals surface area (Å²) in [5, 5.41) is 18.2. The summed E-state index contributed by atoms with van der Waals surface area (Å²) in [6, 6.07) is 6.47. The molecule has 2 amide bonds. The number of benzene rings is 1. The number of carbonyl (C=O) groups excluding carboxylic acids is 1. The van der Waals surface area contributed by atoms with E-state index >= 15 is 0 Å². The Morgan fingerprint density at radius 2 is 2.14 bits per heavy atom. The number of nitrogens with zero attached hydrogens (tertiary/aromatic N) is 2. The predicted octanol–water partition coefficient (Wildman–Crippen LogP) is 0.773. The summed E-state index contributed by atoms with van der Waals surface area (Å²) in [5.74, 6) is -0.753. The fourth-order valence-corrected chi connectivity index (χ4v) is 2.22. The quantitative estimate of drug-likeness (QED) is 0.856. The Morgan fingerprint density at radius 1 is 1.43 bits per heavy atom. The second kappa shape index (κ2) is 6.45. The lowest BCUT2D eigenvalue weighted by molar-refractivity contribution is -0.144. The van der Waals surface area contributed by atoms with Crippen molar-refractivity contribution in [3.63, 3.8) is 0 Å². The number of hydrogen-bond acceptors (Lipinski definition) is 4. The minimum atomic E-state index is -1.12. The summed E-state index contributed by atoms with van der Waals surface area (Å²) in [6.45, 7) is 2.22. The summed E-state index contributed by atoms with van der Waals surface area (Å²) in [5.41, 5.74) is 0.538. The van der Waals surface area contributed by atoms with Crippen LogP contribution in [-0.2, 0) is 4.79 Å². The maximum Gasteiger partial charge on any atom is 0.346 e. The lowest BCUT2D eigenvalue weighted by atomic mass is 10.2. The van der Waals surface area contributed by atoms with Crippen molar-refractivity contribution in [3.05, 3.63) is 24.3 Å². The lowest BCUT2D eigenvalue weighted by Crippen LogP contribution is -2.52. The molecule has 1 atom stereocenters. The van der Waals surface area contributed by atoms with E-state index in [-0.39, 0.29) is 25.7 Å². The number of carbonyl (C=O) groups is 2. The fraction of sp³-hybridized carbons (Fsp3) is 0.429. The Hall–Kier alpha value is -2.28. The molecule has 0 fully saturated rings. The second-order valence-corrected chi connectivity index (χ2v) is 4.61. The number of likely N-dealkylation sites (N-methyl/N-ethyl adjacent to an activating group) is 1. The number of hydrogen-bond donors (Lipinski definition) is 2. The summed E-state index contributed by atoms with van der Waals surface area (Å²) < 4.78 is 5.39. The molecule has 21 heavy (non-hydrogen) atoms. The van der Waals surface area contributed by atoms with Crippen molar-refractivity contribution in [2.24, 2.45) is 0 Å². The van der Waals surface area contributed by atoms with E-state index in [1.54, 1.807) is 31.2 Å². The van der Waals surface area contributed by atoms with Crippen molar-refractivity contribution < 1.29 is 24.5 Å². The summed E-state index contributed by atoms with van der Waals surface area (Å²) in [7, 11) is 0. The standard InChI is InChI=1S/C14H18N2O5/c1-2-15(7-8-17)14(20)16-9-12(13(18)19)21-11-6-4-3-5-10(11)16/h3-6,12,17H,2,7-9H2,1H3,(H,18,19). The Labute approximate surface area is 122 Å². The van der Waals surface area contributed by atoms with Gasteiger partial charge in [0, 0.05) is 13.1 Å². The number of para-hydroxylation sites is 2. The monoisotopic (exact) mass is 294 g/mol. The molecule has 1 aliphatic heterocycles. The zero-order chi connectivity index (χ0) is 15.4. The van der Waals surface area contributed by atoms with Crippen LogP contribution in [0.4, 0.5) is 10.5 Å². The average molecular weight is 294 g/mol. The van der Waals surface area contributed by atoms with Crippen molar-refractivity contribution >= 4 is 17.7 Å². The van der Waals surface area contributed by atoms with Crippen LogP contribution in [0.5, 0.6) is 5.75 Å². The van der Waals surface area contributed by atoms with Crippen molar-refractivity contribution in [1.82, 2.24) is 4.90 Å². The van der Waals surface area contributed by atoms with Crippen molar-refractivity contribution in [2.45, 2.75) is 13.0 Å². The lowest BCUT2D eigenvalue weighted by Gasteiger charge is -2.36. The van der Waals surface area contributed by atoms with Gasteiger partial charge in [-0.15, -0.1) is 0 Å². The number of rotatable bonds is 4. The SMILES string of the molecule is CCN(CCO)C(=O)N1CC(C(=O)O)Oc2ccccc21. The summed E-state index contributed by atoms with van der Waals surface area (Å²) in [6.07, 6.45) is -1.10. The number of urea groups is 1. The Bertz CT molecular complexity index is 534. The molecule has 7 heteroatoms. The third-order valence-corrected chi connectivity index (χ3v) is 3.30. The summed E-state index contributed by atoms with van der Waals surface area (Å²) >= 11 is 0. The van der Waals surface area contributed by atoms with E-state index in [0.29, 0.717) is 18.0 Å². The Morgan fingerprint density at radius 3 is 2.76 bits per heavy atom. The van der Waals surface area contributed by atoms with Crippen LogP contribution in [0.1, 0.15) is 6.92 Å². The number of amides is 2. The number of fused-ring (bicyclic) bond motifs is 1. The highest BCUT2D eigenvalue weighted by Crippen LogP contribution is 2.33. The minimum Gasteiger partial charge on any atom is -0.478 e. The fourth-order valence-electron chi connectivity index (χ4n) is 2.22. The van der Waals surface area contributed by atoms with Gasteiger partial charge in [0.25, 0.3) is 0 Å². The van der Waals surface area contributed by atoms with Crippen molar-refractivity contribution in [2.75, 3.05) is 31.1 Å². The number of carboxylic acids is 1. The highest BCUT2D eigenvalue weighted by atomic mass is 16.5. The van der Waals surface area contributed by atoms with Gasteiger partial charge in [0.15, 0.2) is 0 Å². The van der Waals surface area contributed by atoms with Gasteiger partial charge in [0.2, 0.25) is 6.10 Å². The van der Waals surface area contributed by atoms with Crippen LogP contribution in [0.2, 0.25) is 0 Å². The van der Waals surface area contributed by atoms with E-state index in [2.05, 4.69) is 0 Å². The molecule has 1 aromatic rings. The van der Waals surface area contributed by atoms with Crippen LogP contribution in [-0.4, -0.2) is 59.5 Å². The molecule has 2 N–H and O–H groups in total. The second-order valence-electron chi connectivity index (χ2n) is 4.61. The molecule has 0 radical (unpaired) electrons. The van der Waals surface area contributed by atoms with E-state index in [1.165, 1.54) is 9.80 Å². The molecular weight excluding hydrogens is 276 g/mol. The molecule has 0 aromatic heterocycles. The average Bonchev–Trinajstić information content (AvgIpc) is 2.50. The van der Waals surface area contributed by atoms with Crippen LogP contribution < -0.4 is 9.64 Å². The zero-order valence-electron chi connectivity index (χ0n) is 11.7. The van der Waals surface area contributed by atoms with Gasteiger partial charge in [-0.25, -0.2) is 9.59 Å². The number of aliphatic hydroxyl groups excluding tert-OH is 1. The molecule has 1 heterocycles. The summed E-state index contributed by atoms with van der Waals surface area (Å²) in [4.78, 5) is 26.6. The molecule has 114 valence electrons. The molecule has 0 saturated heterocycles. The first kappa shape index (κ1) is 15.1. The van der Waals surface area contributed by atoms with Gasteiger partial charge in [0.05, 0.1) is 18.8 Å². The minimum absolute atomic E-state index is 0.0624. The number of ether oxygens (including phenoxy) is 1. The van der Waals surface area contributed by atoms with Crippen LogP contribution in [0.15, 0.2) is 24.3 Å². The Kier molecular flexibility index (Phi) is 4.64. The molecule has 0 aliphatic carbocycles. The van der Waals surface area contributed by atoms with Crippen molar-refractivity contribution in [3.8, 4) is 5.75 Å². The highest BCUT2D eigenvalue weighted by molar-refractivity contribution is 5.95. The van der Waals surface area contributed by atoms with E-state index in [1.807, 2.05) is 0 Å². The van der Waals surface area contributed by atoms with Crippen LogP contribution in [0.3, 0.4) is 0 Å². The highest BCUT2D eigenvalue weighted by Gasteiger charge is 2.35. The van der Waals surface area contributed by atoms with Gasteiger partial charge >= 0.3 is 12.0 Å². The first-order valence-corrected chi connectivity index (χ1v) is 6.74. The van der Waals surface area contributed by atoms with Crippen molar-refractivity contribution in [1.29, 1.82) is 0 Å². The van der Waals surface area contributed by atoms with Crippen LogP contribution >= 0.6 is 0 Å². The smallest absolute Gasteiger partial charge is 0.346 e. The molecule has 7 nitrogen and oxygen atoms in total. The molecular formula is C14H18N2O5. The van der Waals surface area contributed by atoms with Crippen LogP contribution in [0.25, 0.3) is 0 Å². The largest absolute Gasteiger partial charge is 0.478 e. The number of aliphatic carboxylic acids is 1. The van der Waals surface area contributed by atoms with Gasteiger partial charge in [-0.05, 0) is 19.1 Å². The molecule has 0 bridgehead atoms. The molecule has 1 aliphatic rings. The molecule has 1 unspecified atom stereocenters. The number of carboxylic acid groups (broad SMARTS) is 1. The third-order valence-electron chi connectivity index (χ3n) is 3.30. The van der Waals surface area contributed by atoms with Crippen LogP contribution in [0, 0.1) is 0 Å². The first-order chi connectivity index (χ1) is 10.1. The normalized spacial score (nSPS) is 16.9.